The molecule has 6 heteroatoms. The standard InChI is InChI=1S/C10H12BNO4/c1-11(16)12-5-6(10(14)15)9-7(12)3-2-4-8(9)13/h5,16H,2-4H2,1H3,(H,14,15). The zero-order chi connectivity index (χ0) is 11.9. The molecule has 1 aromatic heterocycles. The Morgan fingerprint density at radius 1 is 1.50 bits per heavy atom. The van der Waals surface area contributed by atoms with Crippen molar-refractivity contribution in [2.24, 2.45) is 0 Å². The van der Waals surface area contributed by atoms with Gasteiger partial charge in [0.25, 0.3) is 0 Å². The second-order valence-corrected chi connectivity index (χ2v) is 3.99. The minimum atomic E-state index is -1.12. The molecule has 5 nitrogen and oxygen atoms in total. The van der Waals surface area contributed by atoms with Crippen LogP contribution in [0.3, 0.4) is 0 Å². The molecule has 0 aromatic carbocycles. The summed E-state index contributed by atoms with van der Waals surface area (Å²) in [7, 11) is -0.812. The molecule has 0 bridgehead atoms. The molecule has 0 saturated carbocycles. The highest BCUT2D eigenvalue weighted by molar-refractivity contribution is 6.47. The summed E-state index contributed by atoms with van der Waals surface area (Å²) in [6.07, 6.45) is 3.08. The van der Waals surface area contributed by atoms with E-state index in [-0.39, 0.29) is 16.9 Å². The molecular formula is C10H12BNO4. The molecule has 0 fully saturated rings. The first-order valence-corrected chi connectivity index (χ1v) is 5.20. The number of nitrogens with zero attached hydrogens (tertiary/aromatic N) is 1. The maximum atomic E-state index is 11.7. The van der Waals surface area contributed by atoms with Gasteiger partial charge in [-0.25, -0.2) is 4.79 Å². The Morgan fingerprint density at radius 3 is 2.75 bits per heavy atom. The average Bonchev–Trinajstić information content (AvgIpc) is 2.58. The first-order valence-electron chi connectivity index (χ1n) is 5.20. The minimum Gasteiger partial charge on any atom is -0.478 e. The van der Waals surface area contributed by atoms with Gasteiger partial charge in [-0.3, -0.25) is 4.79 Å². The van der Waals surface area contributed by atoms with Crippen LogP contribution in [0.5, 0.6) is 0 Å². The Kier molecular flexibility index (Phi) is 2.59. The van der Waals surface area contributed by atoms with Crippen LogP contribution in [0.1, 0.15) is 39.3 Å². The highest BCUT2D eigenvalue weighted by Crippen LogP contribution is 2.26. The van der Waals surface area contributed by atoms with Crippen molar-refractivity contribution in [2.75, 3.05) is 0 Å². The summed E-state index contributed by atoms with van der Waals surface area (Å²) < 4.78 is 1.47. The zero-order valence-corrected chi connectivity index (χ0v) is 8.93. The summed E-state index contributed by atoms with van der Waals surface area (Å²) in [5.74, 6) is -1.26. The second kappa shape index (κ2) is 3.79. The largest absolute Gasteiger partial charge is 0.478 e. The van der Waals surface area contributed by atoms with E-state index in [1.807, 2.05) is 0 Å². The van der Waals surface area contributed by atoms with Crippen LogP contribution in [0.15, 0.2) is 6.20 Å². The van der Waals surface area contributed by atoms with E-state index < -0.39 is 13.0 Å². The Labute approximate surface area is 92.8 Å². The SMILES string of the molecule is CB(O)n1cc(C(=O)O)c2c1CCCC2=O. The fourth-order valence-electron chi connectivity index (χ4n) is 2.17. The third-order valence-corrected chi connectivity index (χ3v) is 2.87. The predicted molar refractivity (Wildman–Crippen MR) is 57.9 cm³/mol. The second-order valence-electron chi connectivity index (χ2n) is 3.99. The summed E-state index contributed by atoms with van der Waals surface area (Å²) in [6.45, 7) is 1.55. The fourth-order valence-corrected chi connectivity index (χ4v) is 2.17. The van der Waals surface area contributed by atoms with Gasteiger partial charge in [0.1, 0.15) is 0 Å². The number of carboxylic acid groups (broad SMARTS) is 1. The lowest BCUT2D eigenvalue weighted by atomic mass is 9.86. The van der Waals surface area contributed by atoms with E-state index in [1.165, 1.54) is 10.7 Å². The van der Waals surface area contributed by atoms with E-state index in [2.05, 4.69) is 0 Å². The van der Waals surface area contributed by atoms with Crippen molar-refractivity contribution in [3.8, 4) is 0 Å². The topological polar surface area (TPSA) is 79.5 Å². The van der Waals surface area contributed by atoms with Crippen molar-refractivity contribution in [2.45, 2.75) is 26.1 Å². The van der Waals surface area contributed by atoms with Gasteiger partial charge in [-0.1, -0.05) is 0 Å². The number of aromatic nitrogens is 1. The van der Waals surface area contributed by atoms with Crippen molar-refractivity contribution >= 4 is 18.8 Å². The van der Waals surface area contributed by atoms with Gasteiger partial charge in [-0.15, -0.1) is 0 Å². The zero-order valence-electron chi connectivity index (χ0n) is 8.93. The van der Waals surface area contributed by atoms with Gasteiger partial charge in [0, 0.05) is 18.3 Å². The monoisotopic (exact) mass is 221 g/mol. The van der Waals surface area contributed by atoms with Crippen LogP contribution in [0.4, 0.5) is 0 Å². The third kappa shape index (κ3) is 1.55. The van der Waals surface area contributed by atoms with Crippen molar-refractivity contribution in [3.63, 3.8) is 0 Å². The van der Waals surface area contributed by atoms with E-state index in [0.717, 1.165) is 0 Å². The number of ketones is 1. The van der Waals surface area contributed by atoms with Gasteiger partial charge in [-0.05, 0) is 19.7 Å². The predicted octanol–water partition coefficient (Wildman–Crippen LogP) is 0.664. The smallest absolute Gasteiger partial charge is 0.413 e. The molecule has 2 rings (SSSR count). The van der Waals surface area contributed by atoms with Crippen LogP contribution in [-0.4, -0.2) is 33.4 Å². The molecule has 84 valence electrons. The van der Waals surface area contributed by atoms with Crippen LogP contribution >= 0.6 is 0 Å². The minimum absolute atomic E-state index is 0.000556. The van der Waals surface area contributed by atoms with Gasteiger partial charge < -0.3 is 14.6 Å². The fraction of sp³-hybridized carbons (Fsp3) is 0.400. The Hall–Kier alpha value is -1.56. The molecule has 0 radical (unpaired) electrons. The molecule has 0 amide bonds. The summed E-state index contributed by atoms with van der Waals surface area (Å²) >= 11 is 0. The summed E-state index contributed by atoms with van der Waals surface area (Å²) in [5, 5.41) is 18.5. The van der Waals surface area contributed by atoms with Crippen LogP contribution in [-0.2, 0) is 6.42 Å². The van der Waals surface area contributed by atoms with E-state index >= 15 is 0 Å². The molecule has 1 aliphatic rings. The van der Waals surface area contributed by atoms with Crippen LogP contribution in [0.25, 0.3) is 0 Å². The lowest BCUT2D eigenvalue weighted by molar-refractivity contribution is 0.0691. The highest BCUT2D eigenvalue weighted by atomic mass is 16.4. The summed E-state index contributed by atoms with van der Waals surface area (Å²) in [4.78, 5) is 22.7. The molecular weight excluding hydrogens is 209 g/mol. The number of aromatic carboxylic acids is 1. The quantitative estimate of drug-likeness (QED) is 0.719. The lowest BCUT2D eigenvalue weighted by Gasteiger charge is -2.15. The molecule has 2 N–H and O–H groups in total. The number of fused-ring (bicyclic) bond motifs is 1. The van der Waals surface area contributed by atoms with Crippen molar-refractivity contribution in [1.29, 1.82) is 0 Å². The lowest BCUT2D eigenvalue weighted by Crippen LogP contribution is -2.23. The van der Waals surface area contributed by atoms with E-state index in [9.17, 15) is 14.6 Å². The van der Waals surface area contributed by atoms with E-state index in [4.69, 9.17) is 5.11 Å². The number of Topliss-reactive ketones (excluding diaryl/α,β-unsaturated/α-hetero) is 1. The first kappa shape index (κ1) is 10.9. The van der Waals surface area contributed by atoms with Gasteiger partial charge in [0.05, 0.1) is 11.1 Å². The molecule has 0 unspecified atom stereocenters. The van der Waals surface area contributed by atoms with Crippen LogP contribution in [0, 0.1) is 0 Å². The normalized spacial score (nSPS) is 14.8. The first-order chi connectivity index (χ1) is 7.52. The molecule has 1 aliphatic carbocycles. The molecule has 1 heterocycles. The van der Waals surface area contributed by atoms with Crippen LogP contribution in [0.2, 0.25) is 6.82 Å². The van der Waals surface area contributed by atoms with E-state index in [1.54, 1.807) is 6.82 Å². The number of carbonyl (C=O) groups is 2. The van der Waals surface area contributed by atoms with Crippen molar-refractivity contribution in [3.05, 3.63) is 23.0 Å². The molecule has 0 spiro atoms. The molecule has 1 aromatic rings. The van der Waals surface area contributed by atoms with Gasteiger partial charge >= 0.3 is 13.0 Å². The third-order valence-electron chi connectivity index (χ3n) is 2.87. The van der Waals surface area contributed by atoms with Gasteiger partial charge in [0.2, 0.25) is 0 Å². The number of hydrogen-bond donors (Lipinski definition) is 2. The maximum absolute atomic E-state index is 11.7. The maximum Gasteiger partial charge on any atom is 0.413 e. The van der Waals surface area contributed by atoms with Crippen molar-refractivity contribution < 1.29 is 19.7 Å². The Bertz CT molecular complexity index is 464. The number of carboxylic acids is 1. The summed E-state index contributed by atoms with van der Waals surface area (Å²) in [6, 6.07) is 0. The Balaban J connectivity index is 2.65. The number of rotatable bonds is 2. The Morgan fingerprint density at radius 2 is 2.19 bits per heavy atom. The number of carbonyl (C=O) groups excluding carboxylic acids is 1. The van der Waals surface area contributed by atoms with E-state index in [0.29, 0.717) is 25.0 Å². The molecule has 0 saturated heterocycles. The molecule has 0 atom stereocenters. The molecule has 0 aliphatic heterocycles. The van der Waals surface area contributed by atoms with Crippen molar-refractivity contribution in [1.82, 2.24) is 4.48 Å². The number of hydrogen-bond acceptors (Lipinski definition) is 3. The average molecular weight is 221 g/mol. The van der Waals surface area contributed by atoms with Gasteiger partial charge in [-0.2, -0.15) is 0 Å². The molecule has 16 heavy (non-hydrogen) atoms. The summed E-state index contributed by atoms with van der Waals surface area (Å²) in [5.41, 5.74) is 0.920. The highest BCUT2D eigenvalue weighted by Gasteiger charge is 2.29. The van der Waals surface area contributed by atoms with Gasteiger partial charge in [0.15, 0.2) is 5.78 Å². The van der Waals surface area contributed by atoms with Crippen LogP contribution < -0.4 is 0 Å².